The number of urea groups is 1. The van der Waals surface area contributed by atoms with Gasteiger partial charge in [0, 0.05) is 0 Å². The molecule has 1 fully saturated rings. The van der Waals surface area contributed by atoms with Gasteiger partial charge in [-0.05, 0) is 53.9 Å². The first-order chi connectivity index (χ1) is 18.7. The Kier molecular flexibility index (Phi) is 7.79. The Morgan fingerprint density at radius 2 is 1.45 bits per heavy atom. The maximum absolute atomic E-state index is 13.3. The summed E-state index contributed by atoms with van der Waals surface area (Å²) >= 11 is 0. The van der Waals surface area contributed by atoms with E-state index in [1.165, 1.54) is 18.9 Å². The van der Waals surface area contributed by atoms with Crippen LogP contribution < -0.4 is 10.1 Å². The van der Waals surface area contributed by atoms with E-state index in [2.05, 4.69) is 5.32 Å². The summed E-state index contributed by atoms with van der Waals surface area (Å²) in [6.45, 7) is 0.259. The molecule has 2 amide bonds. The van der Waals surface area contributed by atoms with Crippen molar-refractivity contribution < 1.29 is 45.7 Å². The third-order valence-electron chi connectivity index (χ3n) is 6.90. The Balaban J connectivity index is 1.64. The highest BCUT2D eigenvalue weighted by Gasteiger charge is 2.60. The zero-order chi connectivity index (χ0) is 29.3. The minimum absolute atomic E-state index is 0.0139. The van der Waals surface area contributed by atoms with Gasteiger partial charge in [-0.3, -0.25) is 4.90 Å². The smallest absolute Gasteiger partial charge is 0.416 e. The van der Waals surface area contributed by atoms with Gasteiger partial charge in [-0.2, -0.15) is 26.3 Å². The third-order valence-corrected chi connectivity index (χ3v) is 6.90. The van der Waals surface area contributed by atoms with Crippen LogP contribution in [0.5, 0.6) is 5.75 Å². The van der Waals surface area contributed by atoms with Crippen molar-refractivity contribution in [2.75, 3.05) is 13.7 Å². The summed E-state index contributed by atoms with van der Waals surface area (Å²) in [5.74, 6) is 0.594. The van der Waals surface area contributed by atoms with Crippen LogP contribution in [-0.4, -0.2) is 35.5 Å². The molecule has 2 atom stereocenters. The molecule has 2 unspecified atom stereocenters. The van der Waals surface area contributed by atoms with Gasteiger partial charge in [0.2, 0.25) is 0 Å². The number of hydrogen-bond acceptors (Lipinski definition) is 4. The van der Waals surface area contributed by atoms with Crippen molar-refractivity contribution >= 4 is 6.03 Å². The van der Waals surface area contributed by atoms with Crippen LogP contribution in [0.3, 0.4) is 0 Å². The quantitative estimate of drug-likeness (QED) is 0.324. The molecule has 40 heavy (non-hydrogen) atoms. The van der Waals surface area contributed by atoms with Gasteiger partial charge in [0.05, 0.1) is 38.0 Å². The van der Waals surface area contributed by atoms with Crippen molar-refractivity contribution in [2.45, 2.75) is 43.7 Å². The molecule has 3 aromatic rings. The number of benzene rings is 3. The largest absolute Gasteiger partial charge is 0.497 e. The van der Waals surface area contributed by atoms with Crippen LogP contribution in [0.15, 0.2) is 72.8 Å². The highest BCUT2D eigenvalue weighted by molar-refractivity contribution is 5.80. The van der Waals surface area contributed by atoms with Crippen LogP contribution in [0.1, 0.15) is 34.7 Å². The maximum atomic E-state index is 13.3. The summed E-state index contributed by atoms with van der Waals surface area (Å²) in [7, 11) is 1.51. The predicted octanol–water partition coefficient (Wildman–Crippen LogP) is 6.08. The van der Waals surface area contributed by atoms with Gasteiger partial charge in [0.25, 0.3) is 0 Å². The second-order valence-corrected chi connectivity index (χ2v) is 9.56. The van der Waals surface area contributed by atoms with Crippen molar-refractivity contribution in [3.63, 3.8) is 0 Å². The van der Waals surface area contributed by atoms with Gasteiger partial charge < -0.3 is 19.9 Å². The SMILES string of the molecule is COc1ccc(CN2C(=O)NC(COCc3cc(C(F)(F)F)cc(C(F)(F)F)c3)(c3ccccc3)C2(C)O)cc1. The van der Waals surface area contributed by atoms with Crippen molar-refractivity contribution in [1.82, 2.24) is 10.2 Å². The lowest BCUT2D eigenvalue weighted by Gasteiger charge is -2.42. The molecule has 1 saturated heterocycles. The first kappa shape index (κ1) is 29.2. The number of rotatable bonds is 8. The summed E-state index contributed by atoms with van der Waals surface area (Å²) in [5.41, 5.74) is -5.77. The van der Waals surface area contributed by atoms with Gasteiger partial charge in [-0.1, -0.05) is 42.5 Å². The molecular weight excluding hydrogens is 542 g/mol. The lowest BCUT2D eigenvalue weighted by molar-refractivity contribution is -0.143. The Hall–Kier alpha value is -3.77. The summed E-state index contributed by atoms with van der Waals surface area (Å²) in [5, 5.41) is 14.5. The number of amides is 2. The summed E-state index contributed by atoms with van der Waals surface area (Å²) < 4.78 is 90.6. The molecule has 6 nitrogen and oxygen atoms in total. The number of carbonyl (C=O) groups excluding carboxylic acids is 1. The topological polar surface area (TPSA) is 71.0 Å². The number of nitrogens with one attached hydrogen (secondary N) is 1. The van der Waals surface area contributed by atoms with Gasteiger partial charge in [-0.25, -0.2) is 4.79 Å². The van der Waals surface area contributed by atoms with Crippen LogP contribution in [-0.2, 0) is 35.8 Å². The molecule has 12 heteroatoms. The Morgan fingerprint density at radius 1 is 0.875 bits per heavy atom. The van der Waals surface area contributed by atoms with E-state index >= 15 is 0 Å². The van der Waals surface area contributed by atoms with Crippen molar-refractivity contribution in [2.24, 2.45) is 0 Å². The van der Waals surface area contributed by atoms with Gasteiger partial charge in [0.1, 0.15) is 11.3 Å². The number of aliphatic hydroxyl groups is 1. The number of nitrogens with zero attached hydrogens (tertiary/aromatic N) is 1. The van der Waals surface area contributed by atoms with E-state index in [9.17, 15) is 36.2 Å². The number of carbonyl (C=O) groups is 1. The molecule has 1 heterocycles. The molecule has 0 spiro atoms. The Morgan fingerprint density at radius 3 is 1.98 bits per heavy atom. The van der Waals surface area contributed by atoms with Gasteiger partial charge >= 0.3 is 18.4 Å². The second kappa shape index (κ2) is 10.7. The van der Waals surface area contributed by atoms with Crippen LogP contribution >= 0.6 is 0 Å². The lowest BCUT2D eigenvalue weighted by Crippen LogP contribution is -2.59. The molecule has 1 aliphatic rings. The average Bonchev–Trinajstić information content (AvgIpc) is 3.09. The van der Waals surface area contributed by atoms with E-state index in [0.29, 0.717) is 29.0 Å². The number of methoxy groups -OCH3 is 1. The molecule has 0 aliphatic carbocycles. The lowest BCUT2D eigenvalue weighted by atomic mass is 9.82. The van der Waals surface area contributed by atoms with Crippen LogP contribution in [0, 0.1) is 0 Å². The zero-order valence-electron chi connectivity index (χ0n) is 21.4. The van der Waals surface area contributed by atoms with Crippen molar-refractivity contribution in [1.29, 1.82) is 0 Å². The standard InChI is InChI=1S/C28H26F6N2O4/c1-25(38)26(20-6-4-3-5-7-20,35-24(37)36(25)15-18-8-10-23(39-2)11-9-18)17-40-16-19-12-21(27(29,30)31)14-22(13-19)28(32,33)34/h3-14,38H,15-17H2,1-2H3,(H,35,37). The van der Waals surface area contributed by atoms with Crippen LogP contribution in [0.25, 0.3) is 0 Å². The summed E-state index contributed by atoms with van der Waals surface area (Å²) in [6.07, 6.45) is -10.0. The second-order valence-electron chi connectivity index (χ2n) is 9.56. The molecule has 3 aromatic carbocycles. The maximum Gasteiger partial charge on any atom is 0.416 e. The van der Waals surface area contributed by atoms with Crippen LogP contribution in [0.2, 0.25) is 0 Å². The summed E-state index contributed by atoms with van der Waals surface area (Å²) in [6, 6.07) is 15.6. The molecule has 0 radical (unpaired) electrons. The van der Waals surface area contributed by atoms with Crippen molar-refractivity contribution in [3.05, 3.63) is 101 Å². The molecular formula is C28H26F6N2O4. The third kappa shape index (κ3) is 5.73. The molecule has 0 bridgehead atoms. The minimum atomic E-state index is -5.01. The first-order valence-corrected chi connectivity index (χ1v) is 12.0. The predicted molar refractivity (Wildman–Crippen MR) is 132 cm³/mol. The number of halogens is 6. The normalized spacial score (nSPS) is 21.4. The number of alkyl halides is 6. The van der Waals surface area contributed by atoms with Gasteiger partial charge in [0.15, 0.2) is 5.72 Å². The Labute approximate surface area is 226 Å². The zero-order valence-corrected chi connectivity index (χ0v) is 21.4. The minimum Gasteiger partial charge on any atom is -0.497 e. The highest BCUT2D eigenvalue weighted by Crippen LogP contribution is 2.42. The van der Waals surface area contributed by atoms with Crippen LogP contribution in [0.4, 0.5) is 31.1 Å². The first-order valence-electron chi connectivity index (χ1n) is 12.0. The monoisotopic (exact) mass is 568 g/mol. The average molecular weight is 569 g/mol. The Bertz CT molecular complexity index is 1310. The van der Waals surface area contributed by atoms with E-state index in [1.54, 1.807) is 54.6 Å². The summed E-state index contributed by atoms with van der Waals surface area (Å²) in [4.78, 5) is 14.4. The fraction of sp³-hybridized carbons (Fsp3) is 0.321. The van der Waals surface area contributed by atoms with E-state index in [4.69, 9.17) is 9.47 Å². The van der Waals surface area contributed by atoms with E-state index in [-0.39, 0.29) is 18.2 Å². The number of hydrogen-bond donors (Lipinski definition) is 2. The number of ether oxygens (including phenoxy) is 2. The molecule has 2 N–H and O–H groups in total. The highest BCUT2D eigenvalue weighted by atomic mass is 19.4. The molecule has 0 saturated carbocycles. The fourth-order valence-corrected chi connectivity index (χ4v) is 4.68. The molecule has 0 aromatic heterocycles. The van der Waals surface area contributed by atoms with Gasteiger partial charge in [-0.15, -0.1) is 0 Å². The molecule has 4 rings (SSSR count). The molecule has 214 valence electrons. The molecule has 1 aliphatic heterocycles. The van der Waals surface area contributed by atoms with E-state index < -0.39 is 54.0 Å². The fourth-order valence-electron chi connectivity index (χ4n) is 4.68. The van der Waals surface area contributed by atoms with E-state index in [0.717, 1.165) is 0 Å². The van der Waals surface area contributed by atoms with Crippen molar-refractivity contribution in [3.8, 4) is 5.75 Å². The van der Waals surface area contributed by atoms with E-state index in [1.807, 2.05) is 0 Å².